The van der Waals surface area contributed by atoms with Crippen molar-refractivity contribution in [1.82, 2.24) is 10.3 Å². The Morgan fingerprint density at radius 1 is 1.16 bits per heavy atom. The summed E-state index contributed by atoms with van der Waals surface area (Å²) < 4.78 is 0. The summed E-state index contributed by atoms with van der Waals surface area (Å²) in [6, 6.07) is 8.08. The minimum atomic E-state index is -0.328. The van der Waals surface area contributed by atoms with Crippen molar-refractivity contribution in [2.45, 2.75) is 25.2 Å². The van der Waals surface area contributed by atoms with Gasteiger partial charge >= 0.3 is 0 Å². The van der Waals surface area contributed by atoms with E-state index in [0.717, 1.165) is 17.6 Å². The normalized spacial score (nSPS) is 29.2. The largest absolute Gasteiger partial charge is 0.357 e. The molecule has 4 nitrogen and oxygen atoms in total. The first-order valence-corrected chi connectivity index (χ1v) is 6.62. The Morgan fingerprint density at radius 2 is 1.95 bits per heavy atom. The van der Waals surface area contributed by atoms with Crippen LogP contribution in [0.4, 0.5) is 0 Å². The fourth-order valence-electron chi connectivity index (χ4n) is 3.66. The Morgan fingerprint density at radius 3 is 2.79 bits per heavy atom. The van der Waals surface area contributed by atoms with Crippen molar-refractivity contribution in [3.05, 3.63) is 35.5 Å². The third-order valence-electron chi connectivity index (χ3n) is 4.46. The highest BCUT2D eigenvalue weighted by atomic mass is 16.2. The average Bonchev–Trinajstić information content (AvgIpc) is 2.89. The molecule has 1 aliphatic carbocycles. The van der Waals surface area contributed by atoms with Gasteiger partial charge in [0.15, 0.2) is 0 Å². The van der Waals surface area contributed by atoms with E-state index in [4.69, 9.17) is 0 Å². The molecule has 1 fully saturated rings. The summed E-state index contributed by atoms with van der Waals surface area (Å²) >= 11 is 0. The van der Waals surface area contributed by atoms with Crippen molar-refractivity contribution in [1.29, 1.82) is 0 Å². The van der Waals surface area contributed by atoms with Gasteiger partial charge in [-0.05, 0) is 24.0 Å². The van der Waals surface area contributed by atoms with Gasteiger partial charge in [0.05, 0.1) is 11.8 Å². The van der Waals surface area contributed by atoms with Gasteiger partial charge in [0.2, 0.25) is 11.8 Å². The molecule has 3 atom stereocenters. The Labute approximate surface area is 110 Å². The maximum Gasteiger partial charge on any atom is 0.236 e. The summed E-state index contributed by atoms with van der Waals surface area (Å²) in [5.74, 6) is -0.515. The highest BCUT2D eigenvalue weighted by Crippen LogP contribution is 2.47. The maximum absolute atomic E-state index is 12.0. The summed E-state index contributed by atoms with van der Waals surface area (Å²) in [6.45, 7) is 2.13. The summed E-state index contributed by atoms with van der Waals surface area (Å²) in [6.07, 6.45) is 0.747. The molecule has 2 aromatic rings. The van der Waals surface area contributed by atoms with E-state index in [0.29, 0.717) is 5.92 Å². The van der Waals surface area contributed by atoms with Gasteiger partial charge in [0, 0.05) is 16.6 Å². The van der Waals surface area contributed by atoms with E-state index in [-0.39, 0.29) is 23.7 Å². The topological polar surface area (TPSA) is 62.0 Å². The van der Waals surface area contributed by atoms with Crippen LogP contribution in [-0.4, -0.2) is 16.8 Å². The van der Waals surface area contributed by atoms with E-state index in [1.807, 2.05) is 18.2 Å². The first-order chi connectivity index (χ1) is 9.16. The predicted octanol–water partition coefficient (Wildman–Crippen LogP) is 2.03. The van der Waals surface area contributed by atoms with Crippen molar-refractivity contribution in [3.63, 3.8) is 0 Å². The van der Waals surface area contributed by atoms with E-state index < -0.39 is 0 Å². The van der Waals surface area contributed by atoms with Crippen LogP contribution in [0.2, 0.25) is 0 Å². The Bertz CT molecular complexity index is 716. The molecule has 4 heteroatoms. The third-order valence-corrected chi connectivity index (χ3v) is 4.46. The van der Waals surface area contributed by atoms with Crippen molar-refractivity contribution in [2.75, 3.05) is 0 Å². The highest BCUT2D eigenvalue weighted by Gasteiger charge is 2.48. The number of hydrogen-bond acceptors (Lipinski definition) is 2. The molecule has 1 aromatic carbocycles. The Balaban J connectivity index is 2.01. The molecule has 2 heterocycles. The van der Waals surface area contributed by atoms with E-state index >= 15 is 0 Å². The third kappa shape index (κ3) is 1.28. The second kappa shape index (κ2) is 3.47. The molecule has 2 aliphatic rings. The number of amides is 2. The number of para-hydroxylation sites is 1. The summed E-state index contributed by atoms with van der Waals surface area (Å²) in [4.78, 5) is 27.2. The summed E-state index contributed by atoms with van der Waals surface area (Å²) in [5, 5.41) is 3.64. The lowest BCUT2D eigenvalue weighted by molar-refractivity contribution is -0.125. The lowest BCUT2D eigenvalue weighted by Crippen LogP contribution is -2.24. The predicted molar refractivity (Wildman–Crippen MR) is 70.7 cm³/mol. The van der Waals surface area contributed by atoms with Crippen LogP contribution in [0.25, 0.3) is 10.9 Å². The molecule has 0 spiro atoms. The number of carbonyl (C=O) groups is 2. The molecule has 3 unspecified atom stereocenters. The van der Waals surface area contributed by atoms with Crippen LogP contribution in [0.15, 0.2) is 24.3 Å². The lowest BCUT2D eigenvalue weighted by atomic mass is 9.74. The molecule has 2 amide bonds. The molecule has 1 aliphatic heterocycles. The lowest BCUT2D eigenvalue weighted by Gasteiger charge is -2.27. The van der Waals surface area contributed by atoms with Gasteiger partial charge in [-0.25, -0.2) is 0 Å². The van der Waals surface area contributed by atoms with Gasteiger partial charge in [0.25, 0.3) is 0 Å². The molecule has 1 saturated heterocycles. The van der Waals surface area contributed by atoms with Crippen LogP contribution in [0.3, 0.4) is 0 Å². The quantitative estimate of drug-likeness (QED) is 0.707. The fourth-order valence-corrected chi connectivity index (χ4v) is 3.66. The van der Waals surface area contributed by atoms with Crippen molar-refractivity contribution >= 4 is 22.7 Å². The zero-order valence-corrected chi connectivity index (χ0v) is 10.6. The van der Waals surface area contributed by atoms with Crippen LogP contribution in [0, 0.1) is 5.92 Å². The highest BCUT2D eigenvalue weighted by molar-refractivity contribution is 6.08. The SMILES string of the molecule is CC1CC2C(=O)NC(=O)C2c2[nH]c3ccccc3c21. The minimum Gasteiger partial charge on any atom is -0.357 e. The smallest absolute Gasteiger partial charge is 0.236 e. The number of fused-ring (bicyclic) bond motifs is 5. The Hall–Kier alpha value is -2.10. The van der Waals surface area contributed by atoms with Crippen LogP contribution in [0.1, 0.15) is 36.4 Å². The molecular formula is C15H14N2O2. The molecule has 1 aromatic heterocycles. The monoisotopic (exact) mass is 254 g/mol. The molecule has 96 valence electrons. The van der Waals surface area contributed by atoms with Gasteiger partial charge in [-0.3, -0.25) is 14.9 Å². The number of aromatic amines is 1. The van der Waals surface area contributed by atoms with E-state index in [2.05, 4.69) is 23.3 Å². The van der Waals surface area contributed by atoms with E-state index in [1.54, 1.807) is 0 Å². The van der Waals surface area contributed by atoms with Gasteiger partial charge in [0.1, 0.15) is 0 Å². The first-order valence-electron chi connectivity index (χ1n) is 6.62. The van der Waals surface area contributed by atoms with Gasteiger partial charge in [-0.15, -0.1) is 0 Å². The molecule has 0 bridgehead atoms. The summed E-state index contributed by atoms with van der Waals surface area (Å²) in [7, 11) is 0. The van der Waals surface area contributed by atoms with Crippen LogP contribution >= 0.6 is 0 Å². The van der Waals surface area contributed by atoms with Crippen molar-refractivity contribution in [3.8, 4) is 0 Å². The van der Waals surface area contributed by atoms with Crippen molar-refractivity contribution < 1.29 is 9.59 Å². The molecule has 2 N–H and O–H groups in total. The van der Waals surface area contributed by atoms with E-state index in [1.165, 1.54) is 10.9 Å². The van der Waals surface area contributed by atoms with Crippen molar-refractivity contribution in [2.24, 2.45) is 5.92 Å². The Kier molecular flexibility index (Phi) is 1.97. The number of hydrogen-bond donors (Lipinski definition) is 2. The number of benzene rings is 1. The minimum absolute atomic E-state index is 0.119. The molecule has 19 heavy (non-hydrogen) atoms. The number of aromatic nitrogens is 1. The number of rotatable bonds is 0. The molecular weight excluding hydrogens is 240 g/mol. The zero-order valence-electron chi connectivity index (χ0n) is 10.6. The van der Waals surface area contributed by atoms with Gasteiger partial charge in [-0.2, -0.15) is 0 Å². The standard InChI is InChI=1S/C15H14N2O2/c1-7-6-9-12(15(19)17-14(9)18)13-11(7)8-4-2-3-5-10(8)16-13/h2-5,7,9,12,16H,6H2,1H3,(H,17,18,19). The average molecular weight is 254 g/mol. The number of carbonyl (C=O) groups excluding carboxylic acids is 2. The van der Waals surface area contributed by atoms with E-state index in [9.17, 15) is 9.59 Å². The zero-order chi connectivity index (χ0) is 13.1. The summed E-state index contributed by atoms with van der Waals surface area (Å²) in [5.41, 5.74) is 3.20. The second-order valence-electron chi connectivity index (χ2n) is 5.57. The van der Waals surface area contributed by atoms with Gasteiger partial charge < -0.3 is 4.98 Å². The van der Waals surface area contributed by atoms with Crippen LogP contribution in [0.5, 0.6) is 0 Å². The molecule has 0 radical (unpaired) electrons. The number of nitrogens with one attached hydrogen (secondary N) is 2. The number of imide groups is 1. The fraction of sp³-hybridized carbons (Fsp3) is 0.333. The van der Waals surface area contributed by atoms with Crippen LogP contribution in [-0.2, 0) is 9.59 Å². The molecule has 0 saturated carbocycles. The maximum atomic E-state index is 12.0. The second-order valence-corrected chi connectivity index (χ2v) is 5.57. The number of H-pyrrole nitrogens is 1. The molecule has 4 rings (SSSR count). The van der Waals surface area contributed by atoms with Crippen LogP contribution < -0.4 is 5.32 Å². The van der Waals surface area contributed by atoms with Gasteiger partial charge in [-0.1, -0.05) is 25.1 Å². The first kappa shape index (κ1) is 10.8.